The molecule has 0 bridgehead atoms. The molecule has 0 amide bonds. The highest BCUT2D eigenvalue weighted by atomic mass is 19.3. The van der Waals surface area contributed by atoms with E-state index in [4.69, 9.17) is 5.11 Å². The van der Waals surface area contributed by atoms with Gasteiger partial charge in [0, 0.05) is 13.0 Å². The number of carboxylic acids is 1. The molecule has 7 heteroatoms. The van der Waals surface area contributed by atoms with Crippen molar-refractivity contribution in [3.63, 3.8) is 0 Å². The smallest absolute Gasteiger partial charge is 0.356 e. The Morgan fingerprint density at radius 1 is 1.44 bits per heavy atom. The molecule has 5 nitrogen and oxygen atoms in total. The van der Waals surface area contributed by atoms with Gasteiger partial charge in [-0.05, 0) is 0 Å². The Balaban J connectivity index is 2.14. The van der Waals surface area contributed by atoms with Crippen LogP contribution >= 0.6 is 0 Å². The number of rotatable bonds is 2. The van der Waals surface area contributed by atoms with Gasteiger partial charge in [-0.1, -0.05) is 0 Å². The Morgan fingerprint density at radius 3 is 2.62 bits per heavy atom. The molecule has 2 heterocycles. The Kier molecular flexibility index (Phi) is 2.45. The highest BCUT2D eigenvalue weighted by Gasteiger charge is 2.38. The first-order valence-corrected chi connectivity index (χ1v) is 4.66. The van der Waals surface area contributed by atoms with Gasteiger partial charge in [-0.3, -0.25) is 0 Å². The van der Waals surface area contributed by atoms with Crippen LogP contribution in [0.5, 0.6) is 0 Å². The van der Waals surface area contributed by atoms with Gasteiger partial charge in [0.2, 0.25) is 0 Å². The summed E-state index contributed by atoms with van der Waals surface area (Å²) in [4.78, 5) is 19.3. The molecular formula is C9H9F2N3O2. The normalized spacial score (nSPS) is 18.8. The van der Waals surface area contributed by atoms with Crippen molar-refractivity contribution < 1.29 is 18.7 Å². The van der Waals surface area contributed by atoms with E-state index in [1.165, 1.54) is 11.1 Å². The zero-order valence-corrected chi connectivity index (χ0v) is 8.23. The van der Waals surface area contributed by atoms with Crippen LogP contribution in [0.2, 0.25) is 0 Å². The molecule has 0 aromatic carbocycles. The third-order valence-electron chi connectivity index (χ3n) is 2.35. The fourth-order valence-electron chi connectivity index (χ4n) is 1.53. The molecule has 1 aromatic rings. The maximum atomic E-state index is 12.9. The number of aromatic nitrogens is 2. The quantitative estimate of drug-likeness (QED) is 0.820. The Labute approximate surface area is 89.7 Å². The van der Waals surface area contributed by atoms with Crippen LogP contribution in [0.4, 0.5) is 14.6 Å². The Morgan fingerprint density at radius 2 is 2.19 bits per heavy atom. The fraction of sp³-hybridized carbons (Fsp3) is 0.444. The number of carbonyl (C=O) groups is 1. The summed E-state index contributed by atoms with van der Waals surface area (Å²) in [7, 11) is 0. The van der Waals surface area contributed by atoms with Crippen molar-refractivity contribution in [2.24, 2.45) is 0 Å². The number of aromatic carboxylic acids is 1. The van der Waals surface area contributed by atoms with E-state index in [2.05, 4.69) is 9.97 Å². The third-order valence-corrected chi connectivity index (χ3v) is 2.35. The van der Waals surface area contributed by atoms with Gasteiger partial charge in [0.1, 0.15) is 5.82 Å². The van der Waals surface area contributed by atoms with Crippen LogP contribution in [0.25, 0.3) is 0 Å². The largest absolute Gasteiger partial charge is 0.476 e. The van der Waals surface area contributed by atoms with Crippen molar-refractivity contribution in [3.05, 3.63) is 18.1 Å². The van der Waals surface area contributed by atoms with Gasteiger partial charge in [-0.2, -0.15) is 0 Å². The lowest BCUT2D eigenvalue weighted by Gasteiger charge is -2.16. The molecule has 0 atom stereocenters. The predicted molar refractivity (Wildman–Crippen MR) is 50.8 cm³/mol. The highest BCUT2D eigenvalue weighted by Crippen LogP contribution is 2.29. The lowest BCUT2D eigenvalue weighted by Crippen LogP contribution is -2.25. The van der Waals surface area contributed by atoms with E-state index in [-0.39, 0.29) is 24.5 Å². The summed E-state index contributed by atoms with van der Waals surface area (Å²) in [6, 6.07) is 0. The number of hydrogen-bond acceptors (Lipinski definition) is 4. The van der Waals surface area contributed by atoms with Crippen LogP contribution in [-0.2, 0) is 0 Å². The lowest BCUT2D eigenvalue weighted by atomic mass is 10.3. The number of alkyl halides is 2. The summed E-state index contributed by atoms with van der Waals surface area (Å²) < 4.78 is 25.8. The average Bonchev–Trinajstić information content (AvgIpc) is 2.59. The average molecular weight is 229 g/mol. The number of nitrogens with zero attached hydrogens (tertiary/aromatic N) is 3. The molecule has 16 heavy (non-hydrogen) atoms. The lowest BCUT2D eigenvalue weighted by molar-refractivity contribution is 0.0256. The molecule has 0 radical (unpaired) electrons. The highest BCUT2D eigenvalue weighted by molar-refractivity contribution is 5.84. The summed E-state index contributed by atoms with van der Waals surface area (Å²) in [5, 5.41) is 8.59. The molecule has 0 spiro atoms. The van der Waals surface area contributed by atoms with Crippen LogP contribution in [0.3, 0.4) is 0 Å². The third kappa shape index (κ3) is 2.07. The molecule has 1 fully saturated rings. The number of halogens is 2. The molecule has 86 valence electrons. The van der Waals surface area contributed by atoms with Gasteiger partial charge in [0.25, 0.3) is 5.92 Å². The minimum atomic E-state index is -2.70. The first-order chi connectivity index (χ1) is 7.48. The molecule has 1 aliphatic heterocycles. The summed E-state index contributed by atoms with van der Waals surface area (Å²) in [6.45, 7) is -0.192. The maximum absolute atomic E-state index is 12.9. The second kappa shape index (κ2) is 3.66. The fourth-order valence-corrected chi connectivity index (χ4v) is 1.53. The first kappa shape index (κ1) is 10.7. The van der Waals surface area contributed by atoms with Gasteiger partial charge in [0.05, 0.1) is 18.9 Å². The van der Waals surface area contributed by atoms with Crippen molar-refractivity contribution >= 4 is 11.8 Å². The van der Waals surface area contributed by atoms with Crippen molar-refractivity contribution in [3.8, 4) is 0 Å². The molecule has 0 unspecified atom stereocenters. The van der Waals surface area contributed by atoms with Crippen LogP contribution in [-0.4, -0.2) is 40.1 Å². The van der Waals surface area contributed by atoms with E-state index in [0.717, 1.165) is 6.20 Å². The molecule has 2 rings (SSSR count). The minimum absolute atomic E-state index is 0.199. The van der Waals surface area contributed by atoms with Crippen molar-refractivity contribution in [2.45, 2.75) is 12.3 Å². The van der Waals surface area contributed by atoms with Crippen LogP contribution in [0, 0.1) is 0 Å². The number of anilines is 1. The first-order valence-electron chi connectivity index (χ1n) is 4.66. The summed E-state index contributed by atoms with van der Waals surface area (Å²) in [5.74, 6) is -3.61. The van der Waals surface area contributed by atoms with Crippen LogP contribution in [0.1, 0.15) is 16.9 Å². The van der Waals surface area contributed by atoms with Gasteiger partial charge >= 0.3 is 5.97 Å². The van der Waals surface area contributed by atoms with E-state index in [9.17, 15) is 13.6 Å². The Hall–Kier alpha value is -1.79. The van der Waals surface area contributed by atoms with E-state index < -0.39 is 18.4 Å². The zero-order chi connectivity index (χ0) is 11.8. The van der Waals surface area contributed by atoms with E-state index >= 15 is 0 Å². The summed E-state index contributed by atoms with van der Waals surface area (Å²) in [6.07, 6.45) is 2.05. The number of carboxylic acid groups (broad SMARTS) is 1. The van der Waals surface area contributed by atoms with Crippen molar-refractivity contribution in [1.82, 2.24) is 9.97 Å². The van der Waals surface area contributed by atoms with Gasteiger partial charge in [0.15, 0.2) is 5.69 Å². The SMILES string of the molecule is O=C(O)c1cnc(N2CCC(F)(F)C2)cn1. The second-order valence-corrected chi connectivity index (χ2v) is 3.59. The molecule has 0 aliphatic carbocycles. The number of hydrogen-bond donors (Lipinski definition) is 1. The molecule has 1 aliphatic rings. The zero-order valence-electron chi connectivity index (χ0n) is 8.23. The van der Waals surface area contributed by atoms with Crippen LogP contribution in [0.15, 0.2) is 12.4 Å². The summed E-state index contributed by atoms with van der Waals surface area (Å²) in [5.41, 5.74) is -0.199. The summed E-state index contributed by atoms with van der Waals surface area (Å²) >= 11 is 0. The van der Waals surface area contributed by atoms with Gasteiger partial charge in [-0.25, -0.2) is 23.5 Å². The van der Waals surface area contributed by atoms with Crippen molar-refractivity contribution in [2.75, 3.05) is 18.0 Å². The molecular weight excluding hydrogens is 220 g/mol. The predicted octanol–water partition coefficient (Wildman–Crippen LogP) is 1.02. The van der Waals surface area contributed by atoms with Gasteiger partial charge < -0.3 is 10.0 Å². The van der Waals surface area contributed by atoms with E-state index in [1.54, 1.807) is 0 Å². The molecule has 1 saturated heterocycles. The molecule has 1 aromatic heterocycles. The standard InChI is InChI=1S/C9H9F2N3O2/c10-9(11)1-2-14(5-9)7-4-12-6(3-13-7)8(15)16/h3-4H,1-2,5H2,(H,15,16). The Bertz CT molecular complexity index is 408. The second-order valence-electron chi connectivity index (χ2n) is 3.59. The minimum Gasteiger partial charge on any atom is -0.476 e. The molecule has 1 N–H and O–H groups in total. The van der Waals surface area contributed by atoms with Crippen LogP contribution < -0.4 is 4.90 Å². The van der Waals surface area contributed by atoms with Crippen molar-refractivity contribution in [1.29, 1.82) is 0 Å². The van der Waals surface area contributed by atoms with Gasteiger partial charge in [-0.15, -0.1) is 0 Å². The maximum Gasteiger partial charge on any atom is 0.356 e. The van der Waals surface area contributed by atoms with E-state index in [1.807, 2.05) is 0 Å². The van der Waals surface area contributed by atoms with E-state index in [0.29, 0.717) is 0 Å². The topological polar surface area (TPSA) is 66.3 Å². The molecule has 0 saturated carbocycles. The monoisotopic (exact) mass is 229 g/mol.